The van der Waals surface area contributed by atoms with Gasteiger partial charge in [-0.3, -0.25) is 4.79 Å². The van der Waals surface area contributed by atoms with Crippen molar-refractivity contribution in [3.05, 3.63) is 48.0 Å². The molecule has 2 unspecified atom stereocenters. The van der Waals surface area contributed by atoms with Gasteiger partial charge < -0.3 is 30.5 Å². The molecular weight excluding hydrogens is 358 g/mol. The van der Waals surface area contributed by atoms with Crippen LogP contribution in [-0.2, 0) is 10.2 Å². The van der Waals surface area contributed by atoms with Gasteiger partial charge >= 0.3 is 0 Å². The fourth-order valence-electron chi connectivity index (χ4n) is 4.09. The highest BCUT2D eigenvalue weighted by molar-refractivity contribution is 5.96. The summed E-state index contributed by atoms with van der Waals surface area (Å²) in [7, 11) is 1.55. The minimum absolute atomic E-state index is 0.0509. The maximum Gasteiger partial charge on any atom is 0.241 e. The van der Waals surface area contributed by atoms with Gasteiger partial charge in [0.05, 0.1) is 25.4 Å². The molecule has 1 spiro atoms. The van der Waals surface area contributed by atoms with Gasteiger partial charge in [0, 0.05) is 30.3 Å². The van der Waals surface area contributed by atoms with Crippen molar-refractivity contribution < 1.29 is 19.4 Å². The van der Waals surface area contributed by atoms with Crippen molar-refractivity contribution in [1.29, 1.82) is 0 Å². The molecule has 0 bridgehead atoms. The molecule has 4 N–H and O–H groups in total. The normalized spacial score (nSPS) is 22.6. The number of para-hydroxylation sites is 1. The SMILES string of the molecule is COc1cc(OCCO)ccc1NC(=O)C1CC2(CNc3ccccc32)CN1. The number of hydrogen-bond donors (Lipinski definition) is 4. The van der Waals surface area contributed by atoms with Gasteiger partial charge in [-0.1, -0.05) is 18.2 Å². The highest BCUT2D eigenvalue weighted by atomic mass is 16.5. The summed E-state index contributed by atoms with van der Waals surface area (Å²) in [5.74, 6) is 1.02. The van der Waals surface area contributed by atoms with Crippen LogP contribution < -0.4 is 25.4 Å². The van der Waals surface area contributed by atoms with Crippen LogP contribution in [-0.4, -0.2) is 50.5 Å². The van der Waals surface area contributed by atoms with Crippen LogP contribution in [0.4, 0.5) is 11.4 Å². The molecule has 2 heterocycles. The van der Waals surface area contributed by atoms with Crippen molar-refractivity contribution in [1.82, 2.24) is 5.32 Å². The Morgan fingerprint density at radius 1 is 1.29 bits per heavy atom. The lowest BCUT2D eigenvalue weighted by Gasteiger charge is -2.22. The van der Waals surface area contributed by atoms with Crippen molar-refractivity contribution in [2.45, 2.75) is 17.9 Å². The Hall–Kier alpha value is -2.77. The molecule has 148 valence electrons. The van der Waals surface area contributed by atoms with E-state index >= 15 is 0 Å². The largest absolute Gasteiger partial charge is 0.494 e. The lowest BCUT2D eigenvalue weighted by atomic mass is 9.80. The number of aliphatic hydroxyl groups is 1. The van der Waals surface area contributed by atoms with Crippen molar-refractivity contribution in [3.63, 3.8) is 0 Å². The number of benzene rings is 2. The van der Waals surface area contributed by atoms with Crippen LogP contribution in [0, 0.1) is 0 Å². The molecule has 4 rings (SSSR count). The van der Waals surface area contributed by atoms with E-state index in [4.69, 9.17) is 14.6 Å². The van der Waals surface area contributed by atoms with E-state index in [1.54, 1.807) is 25.3 Å². The molecular formula is C21H25N3O4. The van der Waals surface area contributed by atoms with Gasteiger partial charge in [-0.25, -0.2) is 0 Å². The van der Waals surface area contributed by atoms with E-state index in [1.807, 2.05) is 12.1 Å². The van der Waals surface area contributed by atoms with Gasteiger partial charge in [0.1, 0.15) is 18.1 Å². The molecule has 7 heteroatoms. The number of hydrogen-bond acceptors (Lipinski definition) is 6. The van der Waals surface area contributed by atoms with Crippen molar-refractivity contribution >= 4 is 17.3 Å². The zero-order chi connectivity index (χ0) is 19.6. The third kappa shape index (κ3) is 3.39. The molecule has 2 aliphatic rings. The number of carbonyl (C=O) groups is 1. The van der Waals surface area contributed by atoms with E-state index in [-0.39, 0.29) is 30.6 Å². The summed E-state index contributed by atoms with van der Waals surface area (Å²) in [6, 6.07) is 13.2. The van der Waals surface area contributed by atoms with E-state index in [9.17, 15) is 4.79 Å². The van der Waals surface area contributed by atoms with Crippen LogP contribution in [0.1, 0.15) is 12.0 Å². The Morgan fingerprint density at radius 2 is 2.14 bits per heavy atom. The van der Waals surface area contributed by atoms with Crippen LogP contribution in [0.3, 0.4) is 0 Å². The summed E-state index contributed by atoms with van der Waals surface area (Å²) in [4.78, 5) is 12.9. The number of ether oxygens (including phenoxy) is 2. The standard InChI is InChI=1S/C21H25N3O4/c1-27-19-10-14(28-9-8-25)6-7-17(19)24-20(26)18-11-21(13-23-18)12-22-16-5-3-2-4-15(16)21/h2-7,10,18,22-23,25H,8-9,11-13H2,1H3,(H,24,26). The van der Waals surface area contributed by atoms with E-state index in [2.05, 4.69) is 28.1 Å². The fourth-order valence-corrected chi connectivity index (χ4v) is 4.09. The number of amides is 1. The Morgan fingerprint density at radius 3 is 2.96 bits per heavy atom. The molecule has 7 nitrogen and oxygen atoms in total. The van der Waals surface area contributed by atoms with E-state index in [1.165, 1.54) is 5.56 Å². The summed E-state index contributed by atoms with van der Waals surface area (Å²) in [5.41, 5.74) is 2.98. The molecule has 0 aliphatic carbocycles. The Bertz CT molecular complexity index is 872. The highest BCUT2D eigenvalue weighted by Crippen LogP contribution is 2.42. The van der Waals surface area contributed by atoms with Crippen molar-refractivity contribution in [2.24, 2.45) is 0 Å². The molecule has 0 saturated carbocycles. The second kappa shape index (κ2) is 7.69. The number of nitrogens with one attached hydrogen (secondary N) is 3. The number of fused-ring (bicyclic) bond motifs is 2. The molecule has 2 aromatic carbocycles. The quantitative estimate of drug-likeness (QED) is 0.607. The summed E-state index contributed by atoms with van der Waals surface area (Å²) >= 11 is 0. The van der Waals surface area contributed by atoms with Gasteiger partial charge in [0.15, 0.2) is 0 Å². The number of rotatable bonds is 6. The fraction of sp³-hybridized carbons (Fsp3) is 0.381. The number of anilines is 2. The average Bonchev–Trinajstić information content (AvgIpc) is 3.32. The molecule has 2 aliphatic heterocycles. The zero-order valence-electron chi connectivity index (χ0n) is 15.8. The van der Waals surface area contributed by atoms with Gasteiger partial charge in [-0.15, -0.1) is 0 Å². The predicted octanol–water partition coefficient (Wildman–Crippen LogP) is 1.73. The maximum absolute atomic E-state index is 12.9. The first-order valence-electron chi connectivity index (χ1n) is 9.44. The summed E-state index contributed by atoms with van der Waals surface area (Å²) in [6.45, 7) is 1.75. The zero-order valence-corrected chi connectivity index (χ0v) is 15.8. The van der Waals surface area contributed by atoms with Gasteiger partial charge in [-0.05, 0) is 30.2 Å². The van der Waals surface area contributed by atoms with E-state index in [0.717, 1.165) is 25.2 Å². The van der Waals surface area contributed by atoms with Gasteiger partial charge in [-0.2, -0.15) is 0 Å². The number of methoxy groups -OCH3 is 1. The Labute approximate surface area is 164 Å². The van der Waals surface area contributed by atoms with Crippen LogP contribution >= 0.6 is 0 Å². The van der Waals surface area contributed by atoms with Crippen molar-refractivity contribution in [3.8, 4) is 11.5 Å². The minimum Gasteiger partial charge on any atom is -0.494 e. The first-order valence-corrected chi connectivity index (χ1v) is 9.44. The third-order valence-corrected chi connectivity index (χ3v) is 5.50. The first kappa shape index (κ1) is 18.6. The molecule has 0 aromatic heterocycles. The summed E-state index contributed by atoms with van der Waals surface area (Å²) in [5, 5.41) is 18.7. The van der Waals surface area contributed by atoms with Gasteiger partial charge in [0.2, 0.25) is 5.91 Å². The Balaban J connectivity index is 1.45. The smallest absolute Gasteiger partial charge is 0.241 e. The molecule has 2 atom stereocenters. The number of aliphatic hydroxyl groups excluding tert-OH is 1. The predicted molar refractivity (Wildman–Crippen MR) is 107 cm³/mol. The highest BCUT2D eigenvalue weighted by Gasteiger charge is 2.46. The third-order valence-electron chi connectivity index (χ3n) is 5.50. The number of carbonyl (C=O) groups excluding carboxylic acids is 1. The molecule has 1 fully saturated rings. The van der Waals surface area contributed by atoms with E-state index < -0.39 is 0 Å². The summed E-state index contributed by atoms with van der Waals surface area (Å²) < 4.78 is 10.8. The molecule has 1 amide bonds. The Kier molecular flexibility index (Phi) is 5.11. The lowest BCUT2D eigenvalue weighted by molar-refractivity contribution is -0.117. The van der Waals surface area contributed by atoms with Crippen LogP contribution in [0.5, 0.6) is 11.5 Å². The first-order chi connectivity index (χ1) is 13.6. The maximum atomic E-state index is 12.9. The van der Waals surface area contributed by atoms with Crippen LogP contribution in [0.25, 0.3) is 0 Å². The van der Waals surface area contributed by atoms with Crippen LogP contribution in [0.15, 0.2) is 42.5 Å². The topological polar surface area (TPSA) is 91.8 Å². The van der Waals surface area contributed by atoms with Crippen molar-refractivity contribution in [2.75, 3.05) is 44.0 Å². The second-order valence-corrected chi connectivity index (χ2v) is 7.24. The molecule has 2 aromatic rings. The van der Waals surface area contributed by atoms with Crippen LogP contribution in [0.2, 0.25) is 0 Å². The summed E-state index contributed by atoms with van der Waals surface area (Å²) in [6.07, 6.45) is 0.739. The lowest BCUT2D eigenvalue weighted by Crippen LogP contribution is -2.35. The molecule has 28 heavy (non-hydrogen) atoms. The van der Waals surface area contributed by atoms with Gasteiger partial charge in [0.25, 0.3) is 0 Å². The van der Waals surface area contributed by atoms with E-state index in [0.29, 0.717) is 17.2 Å². The minimum atomic E-state index is -0.275. The average molecular weight is 383 g/mol. The monoisotopic (exact) mass is 383 g/mol. The molecule has 0 radical (unpaired) electrons. The second-order valence-electron chi connectivity index (χ2n) is 7.24. The molecule has 1 saturated heterocycles.